The summed E-state index contributed by atoms with van der Waals surface area (Å²) in [5.74, 6) is 0. The number of fused-ring (bicyclic) bond motifs is 1. The van der Waals surface area contributed by atoms with Crippen LogP contribution in [0.3, 0.4) is 0 Å². The van der Waals surface area contributed by atoms with E-state index in [4.69, 9.17) is 4.98 Å². The van der Waals surface area contributed by atoms with E-state index >= 15 is 0 Å². The van der Waals surface area contributed by atoms with Gasteiger partial charge in [0.15, 0.2) is 0 Å². The van der Waals surface area contributed by atoms with Crippen LogP contribution in [0.15, 0.2) is 77.3 Å². The molecule has 0 saturated heterocycles. The summed E-state index contributed by atoms with van der Waals surface area (Å²) in [7, 11) is 0. The van der Waals surface area contributed by atoms with Gasteiger partial charge in [-0.15, -0.1) is 0 Å². The first-order chi connectivity index (χ1) is 10.8. The third-order valence-corrected chi connectivity index (χ3v) is 4.36. The van der Waals surface area contributed by atoms with Gasteiger partial charge < -0.3 is 0 Å². The second kappa shape index (κ2) is 5.54. The largest absolute Gasteiger partial charge is 0.248 e. The molecule has 105 valence electrons. The van der Waals surface area contributed by atoms with Crippen LogP contribution in [0.25, 0.3) is 27.7 Å². The molecule has 2 aromatic carbocycles. The summed E-state index contributed by atoms with van der Waals surface area (Å²) in [5.41, 5.74) is 5.62. The minimum absolute atomic E-state index is 1.00. The molecule has 0 unspecified atom stereocenters. The molecule has 0 N–H and O–H groups in total. The number of aromatic nitrogens is 1. The van der Waals surface area contributed by atoms with Crippen LogP contribution in [0.1, 0.15) is 5.56 Å². The van der Waals surface area contributed by atoms with Gasteiger partial charge in [0.2, 0.25) is 0 Å². The van der Waals surface area contributed by atoms with E-state index in [1.807, 2.05) is 18.2 Å². The molecule has 1 aromatic heterocycles. The molecule has 1 heterocycles. The van der Waals surface area contributed by atoms with E-state index in [9.17, 15) is 0 Å². The van der Waals surface area contributed by atoms with Gasteiger partial charge in [0.05, 0.1) is 11.2 Å². The van der Waals surface area contributed by atoms with Gasteiger partial charge >= 0.3 is 0 Å². The fraction of sp³-hybridized carbons (Fsp3) is 0. The molecule has 3 aromatic rings. The number of halogens is 1. The van der Waals surface area contributed by atoms with Crippen molar-refractivity contribution < 1.29 is 0 Å². The van der Waals surface area contributed by atoms with Crippen LogP contribution in [0.5, 0.6) is 0 Å². The molecule has 1 aliphatic rings. The zero-order valence-corrected chi connectivity index (χ0v) is 13.4. The Balaban J connectivity index is 1.97. The van der Waals surface area contributed by atoms with E-state index in [0.29, 0.717) is 0 Å². The Labute approximate surface area is 138 Å². The third-order valence-electron chi connectivity index (χ3n) is 3.83. The first-order valence-corrected chi connectivity index (χ1v) is 7.98. The third kappa shape index (κ3) is 2.40. The maximum atomic E-state index is 4.83. The minimum Gasteiger partial charge on any atom is -0.248 e. The molecule has 1 radical (unpaired) electrons. The Hall–Kier alpha value is -2.19. The number of rotatable bonds is 2. The molecule has 1 aliphatic carbocycles. The lowest BCUT2D eigenvalue weighted by molar-refractivity contribution is 1.39. The topological polar surface area (TPSA) is 12.9 Å². The number of nitrogens with zero attached hydrogens (tertiary/aromatic N) is 1. The van der Waals surface area contributed by atoms with Crippen molar-refractivity contribution in [2.75, 3.05) is 0 Å². The van der Waals surface area contributed by atoms with Crippen molar-refractivity contribution in [2.24, 2.45) is 0 Å². The highest BCUT2D eigenvalue weighted by molar-refractivity contribution is 9.10. The van der Waals surface area contributed by atoms with Gasteiger partial charge in [-0.2, -0.15) is 0 Å². The fourth-order valence-corrected chi connectivity index (χ4v) is 3.00. The van der Waals surface area contributed by atoms with Gasteiger partial charge in [0.25, 0.3) is 0 Å². The van der Waals surface area contributed by atoms with Crippen LogP contribution >= 0.6 is 15.9 Å². The number of para-hydroxylation sites is 1. The second-order valence-electron chi connectivity index (χ2n) is 5.25. The van der Waals surface area contributed by atoms with Crippen molar-refractivity contribution in [1.29, 1.82) is 0 Å². The Morgan fingerprint density at radius 1 is 0.909 bits per heavy atom. The smallest absolute Gasteiger partial charge is 0.0715 e. The Morgan fingerprint density at radius 2 is 1.73 bits per heavy atom. The number of hydrogen-bond acceptors (Lipinski definition) is 1. The summed E-state index contributed by atoms with van der Waals surface area (Å²) in [6.07, 6.45) is 8.44. The second-order valence-corrected chi connectivity index (χ2v) is 6.17. The highest BCUT2D eigenvalue weighted by Gasteiger charge is 2.11. The summed E-state index contributed by atoms with van der Waals surface area (Å²) >= 11 is 3.48. The standard InChI is InChI=1S/C20H13BrN/c21-16-11-9-15(10-12-16)20-13-18(14-5-1-2-6-14)17-7-3-4-8-19(17)22-20/h1-13H. The molecule has 1 nitrogen and oxygen atoms in total. The predicted octanol–water partition coefficient (Wildman–Crippen LogP) is 5.82. The fourth-order valence-electron chi connectivity index (χ4n) is 2.74. The summed E-state index contributed by atoms with van der Waals surface area (Å²) < 4.78 is 1.08. The minimum atomic E-state index is 1.00. The van der Waals surface area contributed by atoms with Crippen molar-refractivity contribution in [3.05, 3.63) is 89.3 Å². The van der Waals surface area contributed by atoms with Crippen molar-refractivity contribution in [3.63, 3.8) is 0 Å². The molecule has 0 aliphatic heterocycles. The summed E-state index contributed by atoms with van der Waals surface area (Å²) in [6, 6.07) is 18.8. The monoisotopic (exact) mass is 346 g/mol. The molecular formula is C20H13BrN. The van der Waals surface area contributed by atoms with Crippen molar-refractivity contribution >= 4 is 32.4 Å². The van der Waals surface area contributed by atoms with Gasteiger partial charge in [-0.05, 0) is 35.4 Å². The maximum absolute atomic E-state index is 4.83. The molecule has 22 heavy (non-hydrogen) atoms. The molecule has 2 heteroatoms. The van der Waals surface area contributed by atoms with Gasteiger partial charge in [-0.25, -0.2) is 4.98 Å². The average Bonchev–Trinajstić information content (AvgIpc) is 3.09. The lowest BCUT2D eigenvalue weighted by atomic mass is 9.99. The molecule has 4 rings (SSSR count). The zero-order chi connectivity index (χ0) is 14.9. The van der Waals surface area contributed by atoms with E-state index in [1.165, 1.54) is 16.5 Å². The van der Waals surface area contributed by atoms with Crippen LogP contribution in [0.2, 0.25) is 0 Å². The molecule has 0 bridgehead atoms. The average molecular weight is 347 g/mol. The zero-order valence-electron chi connectivity index (χ0n) is 11.8. The van der Waals surface area contributed by atoms with Crippen LogP contribution in [0.4, 0.5) is 0 Å². The quantitative estimate of drug-likeness (QED) is 0.569. The lowest BCUT2D eigenvalue weighted by Gasteiger charge is -2.10. The number of allylic oxidation sites excluding steroid dienone is 4. The number of benzene rings is 2. The van der Waals surface area contributed by atoms with Crippen LogP contribution in [0, 0.1) is 6.42 Å². The van der Waals surface area contributed by atoms with E-state index < -0.39 is 0 Å². The molecule has 0 spiro atoms. The van der Waals surface area contributed by atoms with Gasteiger partial charge in [0, 0.05) is 21.8 Å². The van der Waals surface area contributed by atoms with E-state index in [2.05, 4.69) is 77.0 Å². The Bertz CT molecular complexity index is 905. The van der Waals surface area contributed by atoms with Crippen molar-refractivity contribution in [3.8, 4) is 11.3 Å². The Kier molecular flexibility index (Phi) is 3.39. The van der Waals surface area contributed by atoms with Crippen molar-refractivity contribution in [1.82, 2.24) is 4.98 Å². The normalized spacial score (nSPS) is 13.6. The van der Waals surface area contributed by atoms with Crippen LogP contribution in [-0.4, -0.2) is 4.98 Å². The SMILES string of the molecule is Brc1ccc(-c2cc(C3=C[CH]C=C3)c3ccccc3n2)cc1. The van der Waals surface area contributed by atoms with Gasteiger partial charge in [-0.1, -0.05) is 64.5 Å². The molecule has 0 atom stereocenters. The van der Waals surface area contributed by atoms with Gasteiger partial charge in [-0.3, -0.25) is 0 Å². The van der Waals surface area contributed by atoms with Crippen LogP contribution < -0.4 is 0 Å². The van der Waals surface area contributed by atoms with Crippen LogP contribution in [-0.2, 0) is 0 Å². The summed E-state index contributed by atoms with van der Waals surface area (Å²) in [5, 5.41) is 1.19. The van der Waals surface area contributed by atoms with E-state index in [1.54, 1.807) is 0 Å². The highest BCUT2D eigenvalue weighted by Crippen LogP contribution is 2.32. The molecule has 0 saturated carbocycles. The summed E-state index contributed by atoms with van der Waals surface area (Å²) in [6.45, 7) is 0. The van der Waals surface area contributed by atoms with E-state index in [-0.39, 0.29) is 0 Å². The lowest BCUT2D eigenvalue weighted by Crippen LogP contribution is -1.91. The maximum Gasteiger partial charge on any atom is 0.0715 e. The van der Waals surface area contributed by atoms with Gasteiger partial charge in [0.1, 0.15) is 0 Å². The summed E-state index contributed by atoms with van der Waals surface area (Å²) in [4.78, 5) is 4.83. The molecule has 0 amide bonds. The molecule has 0 fully saturated rings. The number of hydrogen-bond donors (Lipinski definition) is 0. The first-order valence-electron chi connectivity index (χ1n) is 7.19. The molecular weight excluding hydrogens is 334 g/mol. The predicted molar refractivity (Wildman–Crippen MR) is 96.3 cm³/mol. The van der Waals surface area contributed by atoms with Crippen molar-refractivity contribution in [2.45, 2.75) is 0 Å². The Morgan fingerprint density at radius 3 is 2.50 bits per heavy atom. The number of pyridine rings is 1. The van der Waals surface area contributed by atoms with E-state index in [0.717, 1.165) is 21.2 Å². The highest BCUT2D eigenvalue weighted by atomic mass is 79.9. The first kappa shape index (κ1) is 13.5.